The van der Waals surface area contributed by atoms with Crippen LogP contribution in [0.25, 0.3) is 0 Å². The summed E-state index contributed by atoms with van der Waals surface area (Å²) in [5.41, 5.74) is 5.74. The van der Waals surface area contributed by atoms with E-state index < -0.39 is 5.91 Å². The van der Waals surface area contributed by atoms with E-state index in [4.69, 9.17) is 15.2 Å². The lowest BCUT2D eigenvalue weighted by Gasteiger charge is -2.14. The predicted octanol–water partition coefficient (Wildman–Crippen LogP) is 1.85. The Bertz CT molecular complexity index is 914. The third-order valence-electron chi connectivity index (χ3n) is 5.46. The summed E-state index contributed by atoms with van der Waals surface area (Å²) >= 11 is 3.38. The molecule has 29 heavy (non-hydrogen) atoms. The second-order valence-electron chi connectivity index (χ2n) is 7.25. The van der Waals surface area contributed by atoms with Crippen LogP contribution in [-0.2, 0) is 14.4 Å². The van der Waals surface area contributed by atoms with Gasteiger partial charge in [-0.05, 0) is 58.8 Å². The molecular weight excluding hydrogens is 442 g/mol. The van der Waals surface area contributed by atoms with E-state index in [0.29, 0.717) is 28.1 Å². The summed E-state index contributed by atoms with van der Waals surface area (Å²) < 4.78 is 11.5. The smallest absolute Gasteiger partial charge is 0.255 e. The molecule has 9 heteroatoms. The van der Waals surface area contributed by atoms with Crippen LogP contribution in [0.4, 0.5) is 0 Å². The molecule has 1 aliphatic heterocycles. The van der Waals surface area contributed by atoms with E-state index in [2.05, 4.69) is 21.0 Å². The molecule has 1 heterocycles. The van der Waals surface area contributed by atoms with Gasteiger partial charge in [0.15, 0.2) is 18.1 Å². The molecule has 1 aromatic carbocycles. The van der Waals surface area contributed by atoms with Crippen molar-refractivity contribution in [2.45, 2.75) is 13.3 Å². The maximum atomic E-state index is 12.7. The number of nitrogens with zero attached hydrogens (tertiary/aromatic N) is 2. The van der Waals surface area contributed by atoms with Crippen LogP contribution in [0.2, 0.25) is 0 Å². The average Bonchev–Trinajstić information content (AvgIpc) is 3.34. The second kappa shape index (κ2) is 7.62. The molecule has 3 aliphatic rings. The van der Waals surface area contributed by atoms with Crippen molar-refractivity contribution >= 4 is 39.9 Å². The lowest BCUT2D eigenvalue weighted by molar-refractivity contribution is -0.140. The molecule has 1 saturated heterocycles. The minimum absolute atomic E-state index is 0.141. The zero-order valence-electron chi connectivity index (χ0n) is 15.7. The van der Waals surface area contributed by atoms with Crippen LogP contribution in [0.5, 0.6) is 11.5 Å². The summed E-state index contributed by atoms with van der Waals surface area (Å²) in [7, 11) is 0. The van der Waals surface area contributed by atoms with Crippen molar-refractivity contribution in [2.24, 2.45) is 34.5 Å². The SMILES string of the molecule is CCOc1cc(C=NN2C(=O)[C@@H]3[C@H](C2=O)[C@H]2C=C[C@H]3C2)cc(Br)c1OCC(N)=O. The Hall–Kier alpha value is -2.68. The van der Waals surface area contributed by atoms with Crippen molar-refractivity contribution in [1.82, 2.24) is 5.01 Å². The van der Waals surface area contributed by atoms with Crippen molar-refractivity contribution < 1.29 is 23.9 Å². The molecule has 0 unspecified atom stereocenters. The highest BCUT2D eigenvalue weighted by Gasteiger charge is 2.59. The van der Waals surface area contributed by atoms with Crippen LogP contribution >= 0.6 is 15.9 Å². The summed E-state index contributed by atoms with van der Waals surface area (Å²) in [6, 6.07) is 3.35. The van der Waals surface area contributed by atoms with Gasteiger partial charge in [-0.1, -0.05) is 12.2 Å². The normalized spacial score (nSPS) is 27.2. The summed E-state index contributed by atoms with van der Waals surface area (Å²) in [5.74, 6) is -0.641. The zero-order chi connectivity index (χ0) is 20.7. The number of halogens is 1. The van der Waals surface area contributed by atoms with Gasteiger partial charge < -0.3 is 15.2 Å². The molecule has 2 fully saturated rings. The molecular formula is C20H20BrN3O5. The lowest BCUT2D eigenvalue weighted by Crippen LogP contribution is -2.28. The van der Waals surface area contributed by atoms with Crippen molar-refractivity contribution in [2.75, 3.05) is 13.2 Å². The van der Waals surface area contributed by atoms with Gasteiger partial charge in [-0.3, -0.25) is 14.4 Å². The molecule has 2 N–H and O–H groups in total. The number of hydrazone groups is 1. The summed E-state index contributed by atoms with van der Waals surface area (Å²) in [6.07, 6.45) is 6.40. The third kappa shape index (κ3) is 3.43. The number of imide groups is 1. The van der Waals surface area contributed by atoms with Gasteiger partial charge >= 0.3 is 0 Å². The van der Waals surface area contributed by atoms with E-state index in [1.807, 2.05) is 19.1 Å². The molecule has 2 bridgehead atoms. The molecule has 1 saturated carbocycles. The van der Waals surface area contributed by atoms with Crippen molar-refractivity contribution in [3.63, 3.8) is 0 Å². The van der Waals surface area contributed by atoms with Gasteiger partial charge in [0.1, 0.15) is 0 Å². The van der Waals surface area contributed by atoms with Crippen LogP contribution < -0.4 is 15.2 Å². The molecule has 0 aromatic heterocycles. The molecule has 152 valence electrons. The molecule has 8 nitrogen and oxygen atoms in total. The maximum absolute atomic E-state index is 12.7. The molecule has 4 rings (SSSR count). The first-order valence-electron chi connectivity index (χ1n) is 9.38. The Labute approximate surface area is 175 Å². The van der Waals surface area contributed by atoms with Crippen LogP contribution in [-0.4, -0.2) is 42.2 Å². The summed E-state index contributed by atoms with van der Waals surface area (Å²) in [5, 5.41) is 5.16. The fourth-order valence-electron chi connectivity index (χ4n) is 4.33. The molecule has 1 aromatic rings. The number of rotatable bonds is 7. The number of benzene rings is 1. The van der Waals surface area contributed by atoms with Gasteiger partial charge in [0, 0.05) is 0 Å². The predicted molar refractivity (Wildman–Crippen MR) is 107 cm³/mol. The summed E-state index contributed by atoms with van der Waals surface area (Å²) in [6.45, 7) is 1.90. The van der Waals surface area contributed by atoms with Crippen LogP contribution in [0.15, 0.2) is 33.9 Å². The van der Waals surface area contributed by atoms with Crippen molar-refractivity contribution in [3.05, 3.63) is 34.3 Å². The summed E-state index contributed by atoms with van der Waals surface area (Å²) in [4.78, 5) is 36.4. The van der Waals surface area contributed by atoms with Gasteiger partial charge in [0.05, 0.1) is 29.1 Å². The number of carbonyl (C=O) groups is 3. The topological polar surface area (TPSA) is 111 Å². The van der Waals surface area contributed by atoms with Gasteiger partial charge in [-0.15, -0.1) is 0 Å². The van der Waals surface area contributed by atoms with Crippen molar-refractivity contribution in [3.8, 4) is 11.5 Å². The Kier molecular flexibility index (Phi) is 5.16. The van der Waals surface area contributed by atoms with E-state index in [0.717, 1.165) is 11.4 Å². The molecule has 4 atom stereocenters. The van der Waals surface area contributed by atoms with Gasteiger partial charge in [-0.2, -0.15) is 10.1 Å². The number of ether oxygens (including phenoxy) is 2. The standard InChI is InChI=1S/C20H20BrN3O5/c1-2-28-14-6-10(5-13(21)18(14)29-9-15(22)25)8-23-24-19(26)16-11-3-4-12(7-11)17(16)20(24)27/h3-6,8,11-12,16-17H,2,7,9H2,1H3,(H2,22,25)/t11-,12-,16-,17+/m0/s1. The van der Waals surface area contributed by atoms with E-state index in [9.17, 15) is 14.4 Å². The molecule has 3 amide bonds. The minimum atomic E-state index is -0.606. The first kappa shape index (κ1) is 19.6. The van der Waals surface area contributed by atoms with E-state index >= 15 is 0 Å². The maximum Gasteiger partial charge on any atom is 0.255 e. The van der Waals surface area contributed by atoms with Crippen molar-refractivity contribution in [1.29, 1.82) is 0 Å². The zero-order valence-corrected chi connectivity index (χ0v) is 17.3. The molecule has 0 radical (unpaired) electrons. The van der Waals surface area contributed by atoms with Crippen LogP contribution in [0.1, 0.15) is 18.9 Å². The number of primary amides is 1. The number of carbonyl (C=O) groups excluding carboxylic acids is 3. The first-order chi connectivity index (χ1) is 13.9. The Morgan fingerprint density at radius 2 is 1.90 bits per heavy atom. The van der Waals surface area contributed by atoms with E-state index in [-0.39, 0.29) is 42.1 Å². The fourth-order valence-corrected chi connectivity index (χ4v) is 4.91. The highest BCUT2D eigenvalue weighted by molar-refractivity contribution is 9.10. The highest BCUT2D eigenvalue weighted by Crippen LogP contribution is 2.52. The third-order valence-corrected chi connectivity index (χ3v) is 6.05. The van der Waals surface area contributed by atoms with Gasteiger partial charge in [-0.25, -0.2) is 0 Å². The molecule has 0 spiro atoms. The number of nitrogens with two attached hydrogens (primary N) is 1. The monoisotopic (exact) mass is 461 g/mol. The lowest BCUT2D eigenvalue weighted by atomic mass is 9.85. The van der Waals surface area contributed by atoms with E-state index in [1.165, 1.54) is 6.21 Å². The minimum Gasteiger partial charge on any atom is -0.490 e. The number of allylic oxidation sites excluding steroid dienone is 2. The quantitative estimate of drug-likeness (QED) is 0.378. The number of fused-ring (bicyclic) bond motifs is 5. The van der Waals surface area contributed by atoms with Gasteiger partial charge in [0.2, 0.25) is 0 Å². The van der Waals surface area contributed by atoms with Crippen LogP contribution in [0, 0.1) is 23.7 Å². The number of hydrogen-bond acceptors (Lipinski definition) is 6. The van der Waals surface area contributed by atoms with E-state index in [1.54, 1.807) is 12.1 Å². The Balaban J connectivity index is 1.56. The fraction of sp³-hybridized carbons (Fsp3) is 0.400. The van der Waals surface area contributed by atoms with Gasteiger partial charge in [0.25, 0.3) is 17.7 Å². The Morgan fingerprint density at radius 3 is 2.48 bits per heavy atom. The largest absolute Gasteiger partial charge is 0.490 e. The number of amides is 3. The Morgan fingerprint density at radius 1 is 1.24 bits per heavy atom. The van der Waals surface area contributed by atoms with Crippen LogP contribution in [0.3, 0.4) is 0 Å². The molecule has 2 aliphatic carbocycles. The second-order valence-corrected chi connectivity index (χ2v) is 8.11. The first-order valence-corrected chi connectivity index (χ1v) is 10.2. The number of hydrogen-bond donors (Lipinski definition) is 1. The average molecular weight is 462 g/mol. The highest BCUT2D eigenvalue weighted by atomic mass is 79.9.